The largest absolute Gasteiger partial charge is 0.462 e. The Labute approximate surface area is 138 Å². The fourth-order valence-electron chi connectivity index (χ4n) is 2.58. The van der Waals surface area contributed by atoms with Crippen LogP contribution in [0.1, 0.15) is 11.3 Å². The fraction of sp³-hybridized carbons (Fsp3) is 0.235. The van der Waals surface area contributed by atoms with Crippen LogP contribution in [-0.2, 0) is 13.1 Å². The molecule has 118 valence electrons. The van der Waals surface area contributed by atoms with Crippen LogP contribution in [0.15, 0.2) is 46.4 Å². The van der Waals surface area contributed by atoms with Gasteiger partial charge in [-0.3, -0.25) is 4.90 Å². The minimum Gasteiger partial charge on any atom is -0.462 e. The van der Waals surface area contributed by atoms with Crippen LogP contribution in [0.3, 0.4) is 0 Å². The van der Waals surface area contributed by atoms with Gasteiger partial charge in [-0.25, -0.2) is 4.98 Å². The Bertz CT molecular complexity index is 798. The van der Waals surface area contributed by atoms with Crippen molar-refractivity contribution in [2.24, 2.45) is 0 Å². The predicted molar refractivity (Wildman–Crippen MR) is 87.6 cm³/mol. The van der Waals surface area contributed by atoms with E-state index in [-0.39, 0.29) is 0 Å². The number of rotatable bonds is 5. The lowest BCUT2D eigenvalue weighted by atomic mass is 10.2. The highest BCUT2D eigenvalue weighted by atomic mass is 32.1. The van der Waals surface area contributed by atoms with Crippen molar-refractivity contribution in [2.45, 2.75) is 13.1 Å². The molecule has 0 saturated carbocycles. The SMILES string of the molecule is CN(Cc1ccc2c(c1)OCO2)Cc1csc(-c2ccco2)n1. The second-order valence-corrected chi connectivity index (χ2v) is 6.34. The fourth-order valence-corrected chi connectivity index (χ4v) is 3.35. The first-order chi connectivity index (χ1) is 11.3. The zero-order valence-electron chi connectivity index (χ0n) is 12.7. The summed E-state index contributed by atoms with van der Waals surface area (Å²) in [5.41, 5.74) is 2.24. The van der Waals surface area contributed by atoms with Gasteiger partial charge in [0.05, 0.1) is 12.0 Å². The van der Waals surface area contributed by atoms with Crippen molar-refractivity contribution in [2.75, 3.05) is 13.8 Å². The number of hydrogen-bond acceptors (Lipinski definition) is 6. The maximum atomic E-state index is 5.42. The molecule has 6 heteroatoms. The highest BCUT2D eigenvalue weighted by Gasteiger charge is 2.14. The number of furan rings is 1. The van der Waals surface area contributed by atoms with Crippen molar-refractivity contribution in [3.05, 3.63) is 53.2 Å². The Balaban J connectivity index is 1.41. The molecule has 0 N–H and O–H groups in total. The number of hydrogen-bond donors (Lipinski definition) is 0. The van der Waals surface area contributed by atoms with E-state index in [2.05, 4.69) is 28.4 Å². The van der Waals surface area contributed by atoms with Crippen LogP contribution in [0.2, 0.25) is 0 Å². The van der Waals surface area contributed by atoms with Crippen molar-refractivity contribution in [1.82, 2.24) is 9.88 Å². The molecule has 1 aromatic carbocycles. The normalized spacial score (nSPS) is 13.0. The number of fused-ring (bicyclic) bond motifs is 1. The Morgan fingerprint density at radius 1 is 1.17 bits per heavy atom. The van der Waals surface area contributed by atoms with E-state index >= 15 is 0 Å². The van der Waals surface area contributed by atoms with Gasteiger partial charge in [0.15, 0.2) is 22.3 Å². The molecule has 23 heavy (non-hydrogen) atoms. The van der Waals surface area contributed by atoms with Gasteiger partial charge in [-0.2, -0.15) is 0 Å². The Kier molecular flexibility index (Phi) is 3.77. The zero-order chi connectivity index (χ0) is 15.6. The van der Waals surface area contributed by atoms with E-state index in [1.54, 1.807) is 17.6 Å². The van der Waals surface area contributed by atoms with Crippen molar-refractivity contribution >= 4 is 11.3 Å². The van der Waals surface area contributed by atoms with Gasteiger partial charge >= 0.3 is 0 Å². The number of thiazole rings is 1. The van der Waals surface area contributed by atoms with Crippen LogP contribution in [0.4, 0.5) is 0 Å². The van der Waals surface area contributed by atoms with Gasteiger partial charge in [-0.15, -0.1) is 11.3 Å². The third-order valence-electron chi connectivity index (χ3n) is 3.61. The molecule has 3 heterocycles. The second-order valence-electron chi connectivity index (χ2n) is 5.48. The molecule has 1 aliphatic rings. The summed E-state index contributed by atoms with van der Waals surface area (Å²) in [6.45, 7) is 1.92. The van der Waals surface area contributed by atoms with Gasteiger partial charge < -0.3 is 13.9 Å². The third kappa shape index (κ3) is 3.09. The molecule has 0 spiro atoms. The Morgan fingerprint density at radius 2 is 2.09 bits per heavy atom. The standard InChI is InChI=1S/C17H16N2O3S/c1-19(8-12-4-5-14-16(7-12)22-11-21-14)9-13-10-23-17(18-13)15-3-2-6-20-15/h2-7,10H,8-9,11H2,1H3. The van der Waals surface area contributed by atoms with Gasteiger partial charge in [-0.1, -0.05) is 6.07 Å². The Morgan fingerprint density at radius 3 is 2.96 bits per heavy atom. The van der Waals surface area contributed by atoms with Gasteiger partial charge in [0.25, 0.3) is 0 Å². The molecule has 1 aliphatic heterocycles. The van der Waals surface area contributed by atoms with Gasteiger partial charge in [-0.05, 0) is 36.9 Å². The molecule has 0 aliphatic carbocycles. The second kappa shape index (κ2) is 6.06. The number of aromatic nitrogens is 1. The first-order valence-electron chi connectivity index (χ1n) is 7.33. The van der Waals surface area contributed by atoms with E-state index in [0.29, 0.717) is 6.79 Å². The minimum absolute atomic E-state index is 0.309. The molecule has 0 saturated heterocycles. The smallest absolute Gasteiger partial charge is 0.231 e. The maximum absolute atomic E-state index is 5.42. The lowest BCUT2D eigenvalue weighted by Gasteiger charge is -2.15. The van der Waals surface area contributed by atoms with Crippen molar-refractivity contribution in [3.8, 4) is 22.3 Å². The molecule has 2 aromatic heterocycles. The highest BCUT2D eigenvalue weighted by molar-refractivity contribution is 7.13. The topological polar surface area (TPSA) is 47.7 Å². The number of benzene rings is 1. The van der Waals surface area contributed by atoms with Crippen molar-refractivity contribution in [3.63, 3.8) is 0 Å². The molecule has 0 fully saturated rings. The van der Waals surface area contributed by atoms with Crippen LogP contribution in [0, 0.1) is 0 Å². The van der Waals surface area contributed by atoms with E-state index in [0.717, 1.165) is 41.1 Å². The summed E-state index contributed by atoms with van der Waals surface area (Å²) in [4.78, 5) is 6.85. The van der Waals surface area contributed by atoms with E-state index in [1.807, 2.05) is 24.3 Å². The van der Waals surface area contributed by atoms with Gasteiger partial charge in [0.2, 0.25) is 6.79 Å². The summed E-state index contributed by atoms with van der Waals surface area (Å²) in [7, 11) is 2.08. The van der Waals surface area contributed by atoms with E-state index in [9.17, 15) is 0 Å². The average Bonchev–Trinajstić information content (AvgIpc) is 3.27. The molecular weight excluding hydrogens is 312 g/mol. The molecule has 0 unspecified atom stereocenters. The van der Waals surface area contributed by atoms with E-state index in [4.69, 9.17) is 13.9 Å². The summed E-state index contributed by atoms with van der Waals surface area (Å²) in [6, 6.07) is 9.87. The molecule has 0 amide bonds. The average molecular weight is 328 g/mol. The highest BCUT2D eigenvalue weighted by Crippen LogP contribution is 2.33. The molecule has 5 nitrogen and oxygen atoms in total. The minimum atomic E-state index is 0.309. The van der Waals surface area contributed by atoms with Crippen LogP contribution in [0.25, 0.3) is 10.8 Å². The molecule has 0 atom stereocenters. The maximum Gasteiger partial charge on any atom is 0.231 e. The lowest BCUT2D eigenvalue weighted by molar-refractivity contribution is 0.174. The summed E-state index contributed by atoms with van der Waals surface area (Å²) in [6.07, 6.45) is 1.67. The summed E-state index contributed by atoms with van der Waals surface area (Å²) < 4.78 is 16.1. The summed E-state index contributed by atoms with van der Waals surface area (Å²) in [5, 5.41) is 3.00. The Hall–Kier alpha value is -2.31. The summed E-state index contributed by atoms with van der Waals surface area (Å²) in [5.74, 6) is 2.46. The third-order valence-corrected chi connectivity index (χ3v) is 4.51. The van der Waals surface area contributed by atoms with Gasteiger partial charge in [0, 0.05) is 18.5 Å². The zero-order valence-corrected chi connectivity index (χ0v) is 13.5. The molecule has 0 bridgehead atoms. The van der Waals surface area contributed by atoms with Crippen LogP contribution >= 0.6 is 11.3 Å². The van der Waals surface area contributed by atoms with Crippen LogP contribution < -0.4 is 9.47 Å². The van der Waals surface area contributed by atoms with Crippen LogP contribution in [-0.4, -0.2) is 23.7 Å². The lowest BCUT2D eigenvalue weighted by Crippen LogP contribution is -2.17. The molecule has 4 rings (SSSR count). The van der Waals surface area contributed by atoms with Gasteiger partial charge in [0.1, 0.15) is 0 Å². The first-order valence-corrected chi connectivity index (χ1v) is 8.21. The van der Waals surface area contributed by atoms with E-state index in [1.165, 1.54) is 5.56 Å². The van der Waals surface area contributed by atoms with Crippen LogP contribution in [0.5, 0.6) is 11.5 Å². The molecular formula is C17H16N2O3S. The summed E-state index contributed by atoms with van der Waals surface area (Å²) >= 11 is 1.60. The monoisotopic (exact) mass is 328 g/mol. The molecule has 3 aromatic rings. The molecule has 0 radical (unpaired) electrons. The van der Waals surface area contributed by atoms with Crippen molar-refractivity contribution in [1.29, 1.82) is 0 Å². The van der Waals surface area contributed by atoms with Crippen molar-refractivity contribution < 1.29 is 13.9 Å². The van der Waals surface area contributed by atoms with E-state index < -0.39 is 0 Å². The quantitative estimate of drug-likeness (QED) is 0.713. The first kappa shape index (κ1) is 14.3. The number of nitrogens with zero attached hydrogens (tertiary/aromatic N) is 2. The predicted octanol–water partition coefficient (Wildman–Crippen LogP) is 3.76. The number of ether oxygens (including phenoxy) is 2.